The molecule has 1 amide bonds. The van der Waals surface area contributed by atoms with Crippen molar-refractivity contribution >= 4 is 5.91 Å². The van der Waals surface area contributed by atoms with Crippen LogP contribution in [0.4, 0.5) is 0 Å². The molecule has 1 atom stereocenters. The van der Waals surface area contributed by atoms with Crippen molar-refractivity contribution in [3.8, 4) is 11.5 Å². The second-order valence-corrected chi connectivity index (χ2v) is 7.23. The number of aromatic nitrogens is 2. The Hall–Kier alpha value is -2.17. The molecule has 1 aliphatic carbocycles. The largest absolute Gasteiger partial charge is 0.339 e. The maximum atomic E-state index is 12.7. The zero-order chi connectivity index (χ0) is 17.1. The zero-order valence-electron chi connectivity index (χ0n) is 14.6. The molecule has 0 radical (unpaired) electrons. The quantitative estimate of drug-likeness (QED) is 0.830. The highest BCUT2D eigenvalue weighted by Crippen LogP contribution is 2.31. The molecule has 132 valence electrons. The van der Waals surface area contributed by atoms with Crippen molar-refractivity contribution in [2.45, 2.75) is 57.4 Å². The minimum Gasteiger partial charge on any atom is -0.339 e. The predicted octanol–water partition coefficient (Wildman–Crippen LogP) is 3.85. The number of carbonyl (C=O) groups excluding carboxylic acids is 1. The molecule has 1 saturated heterocycles. The maximum Gasteiger partial charge on any atom is 0.257 e. The standard InChI is InChI=1S/C20H25N3O2/c24-20(16-9-4-5-10-16)23-14-6-11-17(23)12-13-18-21-19(25-22-18)15-7-2-1-3-8-15/h1-3,7-8,16-17H,4-6,9-14H2. The van der Waals surface area contributed by atoms with E-state index >= 15 is 0 Å². The Morgan fingerprint density at radius 3 is 2.72 bits per heavy atom. The summed E-state index contributed by atoms with van der Waals surface area (Å²) in [6.07, 6.45) is 8.47. The maximum absolute atomic E-state index is 12.7. The molecular weight excluding hydrogens is 314 g/mol. The van der Waals surface area contributed by atoms with Crippen LogP contribution >= 0.6 is 0 Å². The first-order chi connectivity index (χ1) is 12.3. The number of aryl methyl sites for hydroxylation is 1. The van der Waals surface area contributed by atoms with E-state index in [-0.39, 0.29) is 5.92 Å². The Bertz CT molecular complexity index is 707. The first kappa shape index (κ1) is 16.3. The summed E-state index contributed by atoms with van der Waals surface area (Å²) in [6.45, 7) is 0.918. The molecule has 25 heavy (non-hydrogen) atoms. The predicted molar refractivity (Wildman–Crippen MR) is 94.7 cm³/mol. The van der Waals surface area contributed by atoms with Gasteiger partial charge in [-0.2, -0.15) is 4.98 Å². The third-order valence-electron chi connectivity index (χ3n) is 5.55. The summed E-state index contributed by atoms with van der Waals surface area (Å²) in [5, 5.41) is 4.11. The number of likely N-dealkylation sites (tertiary alicyclic amines) is 1. The molecule has 5 nitrogen and oxygen atoms in total. The average molecular weight is 339 g/mol. The van der Waals surface area contributed by atoms with E-state index in [0.717, 1.165) is 56.5 Å². The van der Waals surface area contributed by atoms with Crippen molar-refractivity contribution in [2.24, 2.45) is 5.92 Å². The Morgan fingerprint density at radius 1 is 1.12 bits per heavy atom. The van der Waals surface area contributed by atoms with Crippen LogP contribution in [0.2, 0.25) is 0 Å². The van der Waals surface area contributed by atoms with Gasteiger partial charge in [0.1, 0.15) is 0 Å². The lowest BCUT2D eigenvalue weighted by Crippen LogP contribution is -2.39. The van der Waals surface area contributed by atoms with E-state index < -0.39 is 0 Å². The SMILES string of the molecule is O=C(C1CCCC1)N1CCCC1CCc1noc(-c2ccccc2)n1. The van der Waals surface area contributed by atoms with Gasteiger partial charge >= 0.3 is 0 Å². The van der Waals surface area contributed by atoms with E-state index in [1.807, 2.05) is 30.3 Å². The van der Waals surface area contributed by atoms with Gasteiger partial charge in [0.2, 0.25) is 5.91 Å². The van der Waals surface area contributed by atoms with Crippen LogP contribution in [0.1, 0.15) is 50.8 Å². The van der Waals surface area contributed by atoms with Gasteiger partial charge in [0, 0.05) is 30.5 Å². The second-order valence-electron chi connectivity index (χ2n) is 7.23. The molecule has 1 saturated carbocycles. The van der Waals surface area contributed by atoms with Gasteiger partial charge in [0.05, 0.1) is 0 Å². The highest BCUT2D eigenvalue weighted by Gasteiger charge is 2.34. The third-order valence-corrected chi connectivity index (χ3v) is 5.55. The molecule has 0 spiro atoms. The zero-order valence-corrected chi connectivity index (χ0v) is 14.6. The van der Waals surface area contributed by atoms with Crippen LogP contribution in [0.25, 0.3) is 11.5 Å². The minimum absolute atomic E-state index is 0.274. The van der Waals surface area contributed by atoms with Crippen LogP contribution < -0.4 is 0 Å². The van der Waals surface area contributed by atoms with Gasteiger partial charge in [-0.1, -0.05) is 36.2 Å². The molecule has 2 fully saturated rings. The fraction of sp³-hybridized carbons (Fsp3) is 0.550. The molecule has 0 bridgehead atoms. The number of hydrogen-bond acceptors (Lipinski definition) is 4. The number of nitrogens with zero attached hydrogens (tertiary/aromatic N) is 3. The Morgan fingerprint density at radius 2 is 1.92 bits per heavy atom. The van der Waals surface area contributed by atoms with E-state index in [4.69, 9.17) is 4.52 Å². The summed E-state index contributed by atoms with van der Waals surface area (Å²) in [5.74, 6) is 1.97. The van der Waals surface area contributed by atoms with Crippen molar-refractivity contribution in [3.63, 3.8) is 0 Å². The molecule has 2 aromatic rings. The van der Waals surface area contributed by atoms with E-state index in [9.17, 15) is 4.79 Å². The summed E-state index contributed by atoms with van der Waals surface area (Å²) < 4.78 is 5.38. The van der Waals surface area contributed by atoms with E-state index in [2.05, 4.69) is 15.0 Å². The van der Waals surface area contributed by atoms with Crippen LogP contribution in [0.5, 0.6) is 0 Å². The normalized spacial score (nSPS) is 21.1. The number of rotatable bonds is 5. The topological polar surface area (TPSA) is 59.2 Å². The fourth-order valence-corrected chi connectivity index (χ4v) is 4.18. The Kier molecular flexibility index (Phi) is 4.81. The smallest absolute Gasteiger partial charge is 0.257 e. The van der Waals surface area contributed by atoms with Crippen LogP contribution in [-0.2, 0) is 11.2 Å². The first-order valence-corrected chi connectivity index (χ1v) is 9.50. The monoisotopic (exact) mass is 339 g/mol. The van der Waals surface area contributed by atoms with Gasteiger partial charge in [-0.3, -0.25) is 4.79 Å². The molecule has 1 unspecified atom stereocenters. The molecule has 4 rings (SSSR count). The van der Waals surface area contributed by atoms with Gasteiger partial charge in [-0.05, 0) is 44.2 Å². The van der Waals surface area contributed by atoms with Crippen LogP contribution in [0.15, 0.2) is 34.9 Å². The number of amides is 1. The number of hydrogen-bond donors (Lipinski definition) is 0. The molecule has 0 N–H and O–H groups in total. The van der Waals surface area contributed by atoms with E-state index in [1.165, 1.54) is 12.8 Å². The lowest BCUT2D eigenvalue weighted by Gasteiger charge is -2.27. The van der Waals surface area contributed by atoms with Crippen LogP contribution in [0.3, 0.4) is 0 Å². The lowest BCUT2D eigenvalue weighted by atomic mass is 10.0. The van der Waals surface area contributed by atoms with Crippen molar-refractivity contribution in [2.75, 3.05) is 6.54 Å². The van der Waals surface area contributed by atoms with Crippen molar-refractivity contribution in [1.29, 1.82) is 0 Å². The van der Waals surface area contributed by atoms with Gasteiger partial charge in [-0.25, -0.2) is 0 Å². The summed E-state index contributed by atoms with van der Waals surface area (Å²) in [7, 11) is 0. The summed E-state index contributed by atoms with van der Waals surface area (Å²) in [5.41, 5.74) is 0.945. The Labute approximate surface area is 148 Å². The van der Waals surface area contributed by atoms with Crippen molar-refractivity contribution < 1.29 is 9.32 Å². The summed E-state index contributed by atoms with van der Waals surface area (Å²) in [4.78, 5) is 19.4. The summed E-state index contributed by atoms with van der Waals surface area (Å²) >= 11 is 0. The van der Waals surface area contributed by atoms with Crippen LogP contribution in [0, 0.1) is 5.92 Å². The van der Waals surface area contributed by atoms with E-state index in [1.54, 1.807) is 0 Å². The third kappa shape index (κ3) is 3.60. The fourth-order valence-electron chi connectivity index (χ4n) is 4.18. The molecule has 5 heteroatoms. The number of carbonyl (C=O) groups is 1. The second kappa shape index (κ2) is 7.38. The van der Waals surface area contributed by atoms with Gasteiger partial charge < -0.3 is 9.42 Å². The van der Waals surface area contributed by atoms with Gasteiger partial charge in [0.25, 0.3) is 5.89 Å². The first-order valence-electron chi connectivity index (χ1n) is 9.50. The average Bonchev–Trinajstić information content (AvgIpc) is 3.41. The molecule has 2 heterocycles. The van der Waals surface area contributed by atoms with Gasteiger partial charge in [-0.15, -0.1) is 0 Å². The number of benzene rings is 1. The highest BCUT2D eigenvalue weighted by molar-refractivity contribution is 5.79. The van der Waals surface area contributed by atoms with Crippen LogP contribution in [-0.4, -0.2) is 33.5 Å². The Balaban J connectivity index is 1.36. The molecular formula is C20H25N3O2. The minimum atomic E-state index is 0.274. The van der Waals surface area contributed by atoms with Crippen molar-refractivity contribution in [1.82, 2.24) is 15.0 Å². The van der Waals surface area contributed by atoms with Gasteiger partial charge in [0.15, 0.2) is 5.82 Å². The molecule has 1 aliphatic heterocycles. The molecule has 1 aromatic carbocycles. The molecule has 2 aliphatic rings. The summed E-state index contributed by atoms with van der Waals surface area (Å²) in [6, 6.07) is 10.2. The van der Waals surface area contributed by atoms with Crippen molar-refractivity contribution in [3.05, 3.63) is 36.2 Å². The lowest BCUT2D eigenvalue weighted by molar-refractivity contribution is -0.136. The highest BCUT2D eigenvalue weighted by atomic mass is 16.5. The molecule has 1 aromatic heterocycles. The van der Waals surface area contributed by atoms with E-state index in [0.29, 0.717) is 17.8 Å².